The van der Waals surface area contributed by atoms with Crippen LogP contribution >= 0.6 is 0 Å². The van der Waals surface area contributed by atoms with E-state index in [1.807, 2.05) is 6.92 Å². The minimum atomic E-state index is -0.502. The summed E-state index contributed by atoms with van der Waals surface area (Å²) in [5.41, 5.74) is 1.65. The Balaban J connectivity index is 2.65. The van der Waals surface area contributed by atoms with Crippen molar-refractivity contribution in [1.82, 2.24) is 9.97 Å². The molecule has 0 fully saturated rings. The van der Waals surface area contributed by atoms with Crippen molar-refractivity contribution in [3.05, 3.63) is 23.3 Å². The van der Waals surface area contributed by atoms with E-state index in [4.69, 9.17) is 4.74 Å². The lowest BCUT2D eigenvalue weighted by molar-refractivity contribution is 0.193. The first-order valence-electron chi connectivity index (χ1n) is 5.14. The Morgan fingerprint density at radius 3 is 2.80 bits per heavy atom. The molecule has 1 aromatic heterocycles. The van der Waals surface area contributed by atoms with Crippen molar-refractivity contribution in [3.8, 4) is 0 Å². The van der Waals surface area contributed by atoms with Gasteiger partial charge in [0.15, 0.2) is 0 Å². The van der Waals surface area contributed by atoms with E-state index in [0.717, 1.165) is 36.5 Å². The van der Waals surface area contributed by atoms with E-state index in [1.165, 1.54) is 0 Å². The van der Waals surface area contributed by atoms with Gasteiger partial charge in [0.1, 0.15) is 5.82 Å². The summed E-state index contributed by atoms with van der Waals surface area (Å²) >= 11 is 0. The third-order valence-corrected chi connectivity index (χ3v) is 2.27. The molecule has 0 aromatic carbocycles. The molecule has 0 bridgehead atoms. The number of hydrogen-bond acceptors (Lipinski definition) is 4. The first-order valence-corrected chi connectivity index (χ1v) is 5.14. The van der Waals surface area contributed by atoms with Gasteiger partial charge in [0, 0.05) is 37.6 Å². The van der Waals surface area contributed by atoms with Gasteiger partial charge in [-0.2, -0.15) is 0 Å². The molecule has 0 saturated heterocycles. The van der Waals surface area contributed by atoms with E-state index in [-0.39, 0.29) is 0 Å². The Labute approximate surface area is 90.3 Å². The van der Waals surface area contributed by atoms with E-state index >= 15 is 0 Å². The SMILES string of the molecule is COCCCc1ncc([C@H](C)O)c(C)n1. The van der Waals surface area contributed by atoms with E-state index in [0.29, 0.717) is 0 Å². The van der Waals surface area contributed by atoms with Crippen LogP contribution in [-0.2, 0) is 11.2 Å². The minimum Gasteiger partial charge on any atom is -0.389 e. The maximum absolute atomic E-state index is 9.41. The van der Waals surface area contributed by atoms with Crippen molar-refractivity contribution in [1.29, 1.82) is 0 Å². The summed E-state index contributed by atoms with van der Waals surface area (Å²) < 4.78 is 4.96. The average molecular weight is 210 g/mol. The minimum absolute atomic E-state index is 0.502. The zero-order valence-electron chi connectivity index (χ0n) is 9.53. The molecule has 0 aliphatic rings. The van der Waals surface area contributed by atoms with Gasteiger partial charge in [-0.05, 0) is 20.3 Å². The quantitative estimate of drug-likeness (QED) is 0.747. The Kier molecular flexibility index (Phi) is 4.65. The lowest BCUT2D eigenvalue weighted by Crippen LogP contribution is -2.04. The van der Waals surface area contributed by atoms with Crippen LogP contribution in [0.1, 0.15) is 36.5 Å². The van der Waals surface area contributed by atoms with Crippen molar-refractivity contribution in [2.75, 3.05) is 13.7 Å². The van der Waals surface area contributed by atoms with Crippen LogP contribution in [-0.4, -0.2) is 28.8 Å². The second-order valence-electron chi connectivity index (χ2n) is 3.60. The molecule has 1 heterocycles. The molecule has 0 unspecified atom stereocenters. The molecule has 4 heteroatoms. The maximum atomic E-state index is 9.41. The lowest BCUT2D eigenvalue weighted by atomic mass is 10.1. The summed E-state index contributed by atoms with van der Waals surface area (Å²) in [7, 11) is 1.68. The van der Waals surface area contributed by atoms with Gasteiger partial charge in [0.25, 0.3) is 0 Å². The van der Waals surface area contributed by atoms with Crippen molar-refractivity contribution in [2.24, 2.45) is 0 Å². The third kappa shape index (κ3) is 3.57. The topological polar surface area (TPSA) is 55.2 Å². The normalized spacial score (nSPS) is 12.8. The molecule has 0 radical (unpaired) electrons. The van der Waals surface area contributed by atoms with Gasteiger partial charge < -0.3 is 9.84 Å². The zero-order chi connectivity index (χ0) is 11.3. The number of rotatable bonds is 5. The van der Waals surface area contributed by atoms with Gasteiger partial charge in [-0.3, -0.25) is 0 Å². The van der Waals surface area contributed by atoms with Crippen LogP contribution in [0.4, 0.5) is 0 Å². The van der Waals surface area contributed by atoms with Gasteiger partial charge in [-0.25, -0.2) is 9.97 Å². The van der Waals surface area contributed by atoms with E-state index in [9.17, 15) is 5.11 Å². The standard InChI is InChI=1S/C11H18N2O2/c1-8-10(9(2)14)7-12-11(13-8)5-4-6-15-3/h7,9,14H,4-6H2,1-3H3/t9-/m0/s1. The summed E-state index contributed by atoms with van der Waals surface area (Å²) in [4.78, 5) is 8.55. The van der Waals surface area contributed by atoms with Crippen LogP contribution in [0.25, 0.3) is 0 Å². The highest BCUT2D eigenvalue weighted by Gasteiger charge is 2.07. The van der Waals surface area contributed by atoms with Gasteiger partial charge in [0.2, 0.25) is 0 Å². The number of methoxy groups -OCH3 is 1. The fourth-order valence-electron chi connectivity index (χ4n) is 1.43. The predicted molar refractivity (Wildman–Crippen MR) is 57.6 cm³/mol. The smallest absolute Gasteiger partial charge is 0.128 e. The predicted octanol–water partition coefficient (Wildman–Crippen LogP) is 1.42. The van der Waals surface area contributed by atoms with E-state index in [2.05, 4.69) is 9.97 Å². The Morgan fingerprint density at radius 1 is 1.53 bits per heavy atom. The largest absolute Gasteiger partial charge is 0.389 e. The van der Waals surface area contributed by atoms with Crippen LogP contribution in [0.3, 0.4) is 0 Å². The van der Waals surface area contributed by atoms with Crippen molar-refractivity contribution in [2.45, 2.75) is 32.8 Å². The van der Waals surface area contributed by atoms with Gasteiger partial charge >= 0.3 is 0 Å². The number of aryl methyl sites for hydroxylation is 2. The fraction of sp³-hybridized carbons (Fsp3) is 0.636. The van der Waals surface area contributed by atoms with Crippen LogP contribution in [0.15, 0.2) is 6.20 Å². The first-order chi connectivity index (χ1) is 7.15. The molecule has 0 spiro atoms. The number of aliphatic hydroxyl groups is 1. The number of nitrogens with zero attached hydrogens (tertiary/aromatic N) is 2. The summed E-state index contributed by atoms with van der Waals surface area (Å²) in [6.45, 7) is 4.33. The molecule has 1 atom stereocenters. The van der Waals surface area contributed by atoms with Gasteiger partial charge in [-0.15, -0.1) is 0 Å². The molecule has 4 nitrogen and oxygen atoms in total. The molecule has 15 heavy (non-hydrogen) atoms. The molecule has 1 aromatic rings. The van der Waals surface area contributed by atoms with Crippen molar-refractivity contribution in [3.63, 3.8) is 0 Å². The highest BCUT2D eigenvalue weighted by Crippen LogP contribution is 2.14. The first kappa shape index (κ1) is 12.1. The second kappa shape index (κ2) is 5.78. The number of hydrogen-bond donors (Lipinski definition) is 1. The fourth-order valence-corrected chi connectivity index (χ4v) is 1.43. The monoisotopic (exact) mass is 210 g/mol. The van der Waals surface area contributed by atoms with Crippen LogP contribution in [0, 0.1) is 6.92 Å². The van der Waals surface area contributed by atoms with Crippen LogP contribution < -0.4 is 0 Å². The lowest BCUT2D eigenvalue weighted by Gasteiger charge is -2.08. The molecule has 0 saturated carbocycles. The third-order valence-electron chi connectivity index (χ3n) is 2.27. The maximum Gasteiger partial charge on any atom is 0.128 e. The summed E-state index contributed by atoms with van der Waals surface area (Å²) in [6, 6.07) is 0. The summed E-state index contributed by atoms with van der Waals surface area (Å²) in [6.07, 6.45) is 2.94. The van der Waals surface area contributed by atoms with Crippen molar-refractivity contribution < 1.29 is 9.84 Å². The highest BCUT2D eigenvalue weighted by molar-refractivity contribution is 5.18. The summed E-state index contributed by atoms with van der Waals surface area (Å²) in [5, 5.41) is 9.41. The number of aromatic nitrogens is 2. The zero-order valence-corrected chi connectivity index (χ0v) is 9.53. The Hall–Kier alpha value is -1.00. The molecule has 0 aliphatic heterocycles. The molecular weight excluding hydrogens is 192 g/mol. The van der Waals surface area contributed by atoms with Crippen LogP contribution in [0.5, 0.6) is 0 Å². The number of aliphatic hydroxyl groups excluding tert-OH is 1. The van der Waals surface area contributed by atoms with Gasteiger partial charge in [0.05, 0.1) is 6.10 Å². The average Bonchev–Trinajstić information content (AvgIpc) is 2.17. The Bertz CT molecular complexity index is 313. The van der Waals surface area contributed by atoms with E-state index in [1.54, 1.807) is 20.2 Å². The van der Waals surface area contributed by atoms with Crippen LogP contribution in [0.2, 0.25) is 0 Å². The van der Waals surface area contributed by atoms with E-state index < -0.39 is 6.10 Å². The highest BCUT2D eigenvalue weighted by atomic mass is 16.5. The molecule has 1 N–H and O–H groups in total. The molecular formula is C11H18N2O2. The summed E-state index contributed by atoms with van der Waals surface area (Å²) in [5.74, 6) is 0.814. The molecule has 1 rings (SSSR count). The second-order valence-corrected chi connectivity index (χ2v) is 3.60. The number of ether oxygens (including phenoxy) is 1. The molecule has 0 aliphatic carbocycles. The Morgan fingerprint density at radius 2 is 2.27 bits per heavy atom. The van der Waals surface area contributed by atoms with Crippen molar-refractivity contribution >= 4 is 0 Å². The molecule has 84 valence electrons. The van der Waals surface area contributed by atoms with Gasteiger partial charge in [-0.1, -0.05) is 0 Å². The molecule has 0 amide bonds.